The third-order valence-electron chi connectivity index (χ3n) is 4.49. The lowest BCUT2D eigenvalue weighted by molar-refractivity contribution is -0.384. The number of anilines is 1. The first-order valence-electron chi connectivity index (χ1n) is 9.64. The lowest BCUT2D eigenvalue weighted by atomic mass is 10.1. The van der Waals surface area contributed by atoms with Gasteiger partial charge in [-0.2, -0.15) is 5.26 Å². The minimum atomic E-state index is -0.832. The van der Waals surface area contributed by atoms with E-state index >= 15 is 0 Å². The molecule has 0 heterocycles. The summed E-state index contributed by atoms with van der Waals surface area (Å²) < 4.78 is 11.2. The molecule has 0 saturated heterocycles. The molecule has 3 rings (SSSR count). The number of benzene rings is 3. The van der Waals surface area contributed by atoms with Gasteiger partial charge in [-0.05, 0) is 42.5 Å². The first-order valence-corrected chi connectivity index (χ1v) is 10.4. The van der Waals surface area contributed by atoms with E-state index in [1.165, 1.54) is 31.4 Å². The largest absolute Gasteiger partial charge is 0.495 e. The molecule has 0 aliphatic carbocycles. The second-order valence-electron chi connectivity index (χ2n) is 6.70. The quantitative estimate of drug-likeness (QED) is 0.114. The minimum Gasteiger partial charge on any atom is -0.495 e. The summed E-state index contributed by atoms with van der Waals surface area (Å²) in [5.74, 6) is -1.13. The van der Waals surface area contributed by atoms with Crippen LogP contribution in [0.3, 0.4) is 0 Å². The molecule has 0 aliphatic heterocycles. The predicted molar refractivity (Wildman–Crippen MR) is 127 cm³/mol. The van der Waals surface area contributed by atoms with Crippen molar-refractivity contribution in [1.82, 2.24) is 0 Å². The van der Waals surface area contributed by atoms with Crippen LogP contribution in [0.1, 0.15) is 15.9 Å². The molecule has 0 spiro atoms. The van der Waals surface area contributed by atoms with Gasteiger partial charge in [-0.25, -0.2) is 4.79 Å². The maximum absolute atomic E-state index is 12.8. The van der Waals surface area contributed by atoms with Gasteiger partial charge >= 0.3 is 5.97 Å². The Balaban J connectivity index is 1.92. The molecule has 10 heteroatoms. The zero-order chi connectivity index (χ0) is 24.7. The molecule has 170 valence electrons. The van der Waals surface area contributed by atoms with Crippen molar-refractivity contribution in [1.29, 1.82) is 5.26 Å². The lowest BCUT2D eigenvalue weighted by Gasteiger charge is -2.11. The van der Waals surface area contributed by atoms with E-state index in [9.17, 15) is 25.0 Å². The molecular formula is C24H16BrN3O6. The topological polar surface area (TPSA) is 132 Å². The molecule has 0 unspecified atom stereocenters. The highest BCUT2D eigenvalue weighted by Gasteiger charge is 2.18. The van der Waals surface area contributed by atoms with Gasteiger partial charge in [0.25, 0.3) is 11.6 Å². The summed E-state index contributed by atoms with van der Waals surface area (Å²) in [6.07, 6.45) is 1.25. The van der Waals surface area contributed by atoms with Gasteiger partial charge in [0.2, 0.25) is 0 Å². The summed E-state index contributed by atoms with van der Waals surface area (Å²) in [5, 5.41) is 23.1. The van der Waals surface area contributed by atoms with E-state index in [4.69, 9.17) is 9.47 Å². The number of carbonyl (C=O) groups is 2. The Morgan fingerprint density at radius 3 is 2.44 bits per heavy atom. The van der Waals surface area contributed by atoms with Crippen LogP contribution in [0, 0.1) is 21.4 Å². The molecule has 34 heavy (non-hydrogen) atoms. The third-order valence-corrected chi connectivity index (χ3v) is 4.98. The molecule has 0 aliphatic rings. The Hall–Kier alpha value is -4.49. The molecule has 0 atom stereocenters. The number of methoxy groups -OCH3 is 1. The van der Waals surface area contributed by atoms with Gasteiger partial charge in [-0.3, -0.25) is 14.9 Å². The molecule has 9 nitrogen and oxygen atoms in total. The zero-order valence-electron chi connectivity index (χ0n) is 17.7. The van der Waals surface area contributed by atoms with E-state index in [1.54, 1.807) is 48.5 Å². The maximum Gasteiger partial charge on any atom is 0.343 e. The van der Waals surface area contributed by atoms with E-state index < -0.39 is 16.8 Å². The molecule has 0 saturated carbocycles. The molecule has 0 aromatic heterocycles. The normalized spacial score (nSPS) is 10.7. The SMILES string of the molecule is COc1ccc([N+](=O)[O-])cc1NC(=O)/C(C#N)=C/c1cc(Br)ccc1OC(=O)c1ccccc1. The van der Waals surface area contributed by atoms with Gasteiger partial charge < -0.3 is 14.8 Å². The van der Waals surface area contributed by atoms with Crippen LogP contribution in [0.25, 0.3) is 6.08 Å². The predicted octanol–water partition coefficient (Wildman–Crippen LogP) is 5.13. The Morgan fingerprint density at radius 1 is 1.09 bits per heavy atom. The van der Waals surface area contributed by atoms with Crippen molar-refractivity contribution in [3.05, 3.63) is 98.0 Å². The van der Waals surface area contributed by atoms with E-state index in [-0.39, 0.29) is 34.0 Å². The molecule has 1 N–H and O–H groups in total. The van der Waals surface area contributed by atoms with Gasteiger partial charge in [0.1, 0.15) is 23.1 Å². The second-order valence-corrected chi connectivity index (χ2v) is 7.62. The number of hydrogen-bond donors (Lipinski definition) is 1. The van der Waals surface area contributed by atoms with Gasteiger partial charge in [-0.1, -0.05) is 34.1 Å². The molecule has 1 amide bonds. The molecule has 0 fully saturated rings. The summed E-state index contributed by atoms with van der Waals surface area (Å²) in [7, 11) is 1.34. The number of halogens is 1. The van der Waals surface area contributed by atoms with Crippen LogP contribution in [0.5, 0.6) is 11.5 Å². The van der Waals surface area contributed by atoms with Crippen LogP contribution < -0.4 is 14.8 Å². The molecule has 0 radical (unpaired) electrons. The van der Waals surface area contributed by atoms with Gasteiger partial charge in [0, 0.05) is 22.2 Å². The smallest absolute Gasteiger partial charge is 0.343 e. The molecular weight excluding hydrogens is 506 g/mol. The van der Waals surface area contributed by atoms with Crippen LogP contribution in [0.4, 0.5) is 11.4 Å². The highest BCUT2D eigenvalue weighted by molar-refractivity contribution is 9.10. The second kappa shape index (κ2) is 10.9. The van der Waals surface area contributed by atoms with Crippen LogP contribution >= 0.6 is 15.9 Å². The first-order chi connectivity index (χ1) is 16.3. The van der Waals surface area contributed by atoms with Crippen molar-refractivity contribution in [3.8, 4) is 17.6 Å². The van der Waals surface area contributed by atoms with Crippen molar-refractivity contribution in [3.63, 3.8) is 0 Å². The molecule has 3 aromatic carbocycles. The number of nitro benzene ring substituents is 1. The lowest BCUT2D eigenvalue weighted by Crippen LogP contribution is -2.14. The van der Waals surface area contributed by atoms with Crippen LogP contribution in [0.15, 0.2) is 76.8 Å². The first kappa shape index (κ1) is 24.2. The fourth-order valence-corrected chi connectivity index (χ4v) is 3.24. The summed E-state index contributed by atoms with van der Waals surface area (Å²) in [4.78, 5) is 35.7. The molecule has 3 aromatic rings. The van der Waals surface area contributed by atoms with Crippen molar-refractivity contribution < 1.29 is 24.0 Å². The monoisotopic (exact) mass is 521 g/mol. The highest BCUT2D eigenvalue weighted by Crippen LogP contribution is 2.30. The Morgan fingerprint density at radius 2 is 1.79 bits per heavy atom. The highest BCUT2D eigenvalue weighted by atomic mass is 79.9. The Bertz CT molecular complexity index is 1330. The average Bonchev–Trinajstić information content (AvgIpc) is 2.84. The number of nitrogens with one attached hydrogen (secondary N) is 1. The van der Waals surface area contributed by atoms with Crippen molar-refractivity contribution in [2.24, 2.45) is 0 Å². The standard InChI is InChI=1S/C24H16BrN3O6/c1-33-22-10-8-19(28(31)32)13-20(22)27-23(29)17(14-26)11-16-12-18(25)7-9-21(16)34-24(30)15-5-3-2-4-6-15/h2-13H,1H3,(H,27,29)/b17-11+. The number of nitriles is 1. The number of rotatable bonds is 7. The summed E-state index contributed by atoms with van der Waals surface area (Å²) >= 11 is 3.32. The van der Waals surface area contributed by atoms with Gasteiger partial charge in [-0.15, -0.1) is 0 Å². The van der Waals surface area contributed by atoms with E-state index in [1.807, 2.05) is 0 Å². The number of esters is 1. The maximum atomic E-state index is 12.8. The fourth-order valence-electron chi connectivity index (χ4n) is 2.86. The molecule has 0 bridgehead atoms. The summed E-state index contributed by atoms with van der Waals surface area (Å²) in [6, 6.07) is 18.6. The van der Waals surface area contributed by atoms with E-state index in [0.29, 0.717) is 10.0 Å². The Kier molecular flexibility index (Phi) is 7.74. The van der Waals surface area contributed by atoms with Crippen LogP contribution in [-0.4, -0.2) is 23.9 Å². The Labute approximate surface area is 202 Å². The van der Waals surface area contributed by atoms with Gasteiger partial charge in [0.05, 0.1) is 23.3 Å². The van der Waals surface area contributed by atoms with E-state index in [2.05, 4.69) is 21.2 Å². The average molecular weight is 522 g/mol. The summed E-state index contributed by atoms with van der Waals surface area (Å²) in [5.41, 5.74) is 0.0462. The number of non-ortho nitro benzene ring substituents is 1. The zero-order valence-corrected chi connectivity index (χ0v) is 19.2. The number of nitrogens with zero attached hydrogens (tertiary/aromatic N) is 2. The van der Waals surface area contributed by atoms with Crippen molar-refractivity contribution >= 4 is 45.3 Å². The van der Waals surface area contributed by atoms with Crippen molar-refractivity contribution in [2.75, 3.05) is 12.4 Å². The van der Waals surface area contributed by atoms with Crippen LogP contribution in [0.2, 0.25) is 0 Å². The van der Waals surface area contributed by atoms with E-state index in [0.717, 1.165) is 6.07 Å². The number of ether oxygens (including phenoxy) is 2. The number of carbonyl (C=O) groups excluding carboxylic acids is 2. The van der Waals surface area contributed by atoms with Crippen LogP contribution in [-0.2, 0) is 4.79 Å². The minimum absolute atomic E-state index is 0.0211. The van der Waals surface area contributed by atoms with Crippen molar-refractivity contribution in [2.45, 2.75) is 0 Å². The number of nitro groups is 1. The summed E-state index contributed by atoms with van der Waals surface area (Å²) in [6.45, 7) is 0. The number of amides is 1. The fraction of sp³-hybridized carbons (Fsp3) is 0.0417. The third kappa shape index (κ3) is 5.85. The number of hydrogen-bond acceptors (Lipinski definition) is 7. The van der Waals surface area contributed by atoms with Gasteiger partial charge in [0.15, 0.2) is 0 Å².